The summed E-state index contributed by atoms with van der Waals surface area (Å²) in [5, 5.41) is 3.69. The van der Waals surface area contributed by atoms with E-state index in [-0.39, 0.29) is 17.3 Å². The number of rotatable bonds is 8. The highest BCUT2D eigenvalue weighted by Gasteiger charge is 2.21. The lowest BCUT2D eigenvalue weighted by atomic mass is 9.97. The van der Waals surface area contributed by atoms with Crippen molar-refractivity contribution in [3.63, 3.8) is 0 Å². The van der Waals surface area contributed by atoms with Crippen molar-refractivity contribution in [2.24, 2.45) is 0 Å². The summed E-state index contributed by atoms with van der Waals surface area (Å²) >= 11 is 1.38. The summed E-state index contributed by atoms with van der Waals surface area (Å²) in [5.41, 5.74) is 3.98. The van der Waals surface area contributed by atoms with Gasteiger partial charge in [-0.3, -0.25) is 9.36 Å². The van der Waals surface area contributed by atoms with Gasteiger partial charge >= 0.3 is 5.69 Å². The number of fused-ring (bicyclic) bond motifs is 1. The lowest BCUT2D eigenvalue weighted by Crippen LogP contribution is -3.05. The zero-order chi connectivity index (χ0) is 20.8. The fourth-order valence-corrected chi connectivity index (χ4v) is 4.60. The minimum atomic E-state index is -0.179. The number of aryl methyl sites for hydroxylation is 1. The number of benzene rings is 1. The zero-order valence-electron chi connectivity index (χ0n) is 17.6. The number of hydrogen-bond acceptors (Lipinski definition) is 4. The Labute approximate surface area is 176 Å². The van der Waals surface area contributed by atoms with Gasteiger partial charge in [0.05, 0.1) is 26.4 Å². The fraction of sp³-hybridized carbons (Fsp3) is 0.500. The molecule has 0 radical (unpaired) electrons. The molecule has 0 fully saturated rings. The van der Waals surface area contributed by atoms with E-state index in [4.69, 9.17) is 0 Å². The predicted octanol–water partition coefficient (Wildman–Crippen LogP) is 1.70. The molecule has 1 heterocycles. The van der Waals surface area contributed by atoms with Gasteiger partial charge < -0.3 is 10.2 Å². The van der Waals surface area contributed by atoms with Gasteiger partial charge in [-0.2, -0.15) is 4.98 Å². The van der Waals surface area contributed by atoms with E-state index >= 15 is 0 Å². The first-order valence-corrected chi connectivity index (χ1v) is 11.3. The van der Waals surface area contributed by atoms with Crippen LogP contribution in [-0.2, 0) is 24.2 Å². The van der Waals surface area contributed by atoms with Crippen molar-refractivity contribution in [3.8, 4) is 0 Å². The Kier molecular flexibility index (Phi) is 7.50. The van der Waals surface area contributed by atoms with Crippen LogP contribution in [0.3, 0.4) is 0 Å². The Morgan fingerprint density at radius 3 is 2.76 bits per heavy atom. The Balaban J connectivity index is 1.72. The molecule has 1 aromatic carbocycles. The van der Waals surface area contributed by atoms with Crippen LogP contribution in [0.5, 0.6) is 0 Å². The molecule has 0 aliphatic heterocycles. The number of carbonyl (C=O) groups is 1. The van der Waals surface area contributed by atoms with Crippen LogP contribution in [0.25, 0.3) is 0 Å². The number of para-hydroxylation sites is 1. The number of anilines is 1. The van der Waals surface area contributed by atoms with Crippen molar-refractivity contribution in [1.29, 1.82) is 0 Å². The maximum absolute atomic E-state index is 12.7. The number of nitrogens with one attached hydrogen (secondary N) is 2. The van der Waals surface area contributed by atoms with Crippen molar-refractivity contribution in [1.82, 2.24) is 9.55 Å². The third-order valence-electron chi connectivity index (χ3n) is 5.27. The molecule has 1 aromatic heterocycles. The smallest absolute Gasteiger partial charge is 0.340 e. The van der Waals surface area contributed by atoms with E-state index in [0.717, 1.165) is 67.2 Å². The molecule has 0 atom stereocenters. The molecule has 29 heavy (non-hydrogen) atoms. The molecule has 3 rings (SSSR count). The van der Waals surface area contributed by atoms with Crippen LogP contribution in [0, 0.1) is 6.92 Å². The molecule has 7 heteroatoms. The molecule has 0 spiro atoms. The van der Waals surface area contributed by atoms with Crippen LogP contribution < -0.4 is 15.9 Å². The van der Waals surface area contributed by atoms with E-state index in [2.05, 4.69) is 24.4 Å². The molecule has 0 saturated carbocycles. The molecule has 1 amide bonds. The van der Waals surface area contributed by atoms with Gasteiger partial charge in [0.25, 0.3) is 0 Å². The Bertz CT molecular complexity index is 924. The van der Waals surface area contributed by atoms with Crippen molar-refractivity contribution >= 4 is 23.4 Å². The van der Waals surface area contributed by atoms with Crippen LogP contribution in [0.2, 0.25) is 0 Å². The van der Waals surface area contributed by atoms with Crippen LogP contribution >= 0.6 is 11.8 Å². The van der Waals surface area contributed by atoms with Gasteiger partial charge in [0.15, 0.2) is 0 Å². The summed E-state index contributed by atoms with van der Waals surface area (Å²) in [6.45, 7) is 3.72. The Morgan fingerprint density at radius 2 is 2.00 bits per heavy atom. The summed E-state index contributed by atoms with van der Waals surface area (Å²) in [6, 6.07) is 7.72. The van der Waals surface area contributed by atoms with Crippen molar-refractivity contribution in [2.75, 3.05) is 31.7 Å². The van der Waals surface area contributed by atoms with Gasteiger partial charge in [-0.25, -0.2) is 4.79 Å². The van der Waals surface area contributed by atoms with E-state index in [0.29, 0.717) is 0 Å². The molecule has 2 aromatic rings. The van der Waals surface area contributed by atoms with Gasteiger partial charge in [-0.15, -0.1) is 0 Å². The number of quaternary nitrogens is 1. The number of thioether (sulfide) groups is 1. The Hall–Kier alpha value is -2.12. The highest BCUT2D eigenvalue weighted by Crippen LogP contribution is 2.28. The van der Waals surface area contributed by atoms with Crippen molar-refractivity contribution in [2.45, 2.75) is 50.6 Å². The molecule has 1 aliphatic rings. The quantitative estimate of drug-likeness (QED) is 0.509. The number of carbonyl (C=O) groups excluding carboxylic acids is 1. The van der Waals surface area contributed by atoms with Crippen LogP contribution in [-0.4, -0.2) is 41.9 Å². The van der Waals surface area contributed by atoms with Crippen LogP contribution in [0.15, 0.2) is 34.1 Å². The minimum absolute atomic E-state index is 0.0752. The Morgan fingerprint density at radius 1 is 1.24 bits per heavy atom. The van der Waals surface area contributed by atoms with Crippen molar-refractivity contribution in [3.05, 3.63) is 51.6 Å². The molecule has 1 aliphatic carbocycles. The standard InChI is InChI=1S/C22H30N4O2S/c1-16-9-4-6-11-18(16)23-20(27)15-29-21-17-10-5-7-12-19(17)26(22(28)24-21)14-8-13-25(2)3/h4,6,9,11H,5,7-8,10,12-15H2,1-3H3,(H,23,27)/p+1. The average molecular weight is 416 g/mol. The van der Waals surface area contributed by atoms with Crippen LogP contribution in [0.1, 0.15) is 36.1 Å². The maximum atomic E-state index is 12.7. The SMILES string of the molecule is Cc1ccccc1NC(=O)CSc1nc(=O)n(CCC[NH+](C)C)c2c1CCCC2. The summed E-state index contributed by atoms with van der Waals surface area (Å²) in [6.07, 6.45) is 5.03. The third kappa shape index (κ3) is 5.70. The molecular weight excluding hydrogens is 384 g/mol. The lowest BCUT2D eigenvalue weighted by molar-refractivity contribution is -0.858. The van der Waals surface area contributed by atoms with Gasteiger partial charge in [0.1, 0.15) is 5.03 Å². The highest BCUT2D eigenvalue weighted by molar-refractivity contribution is 8.00. The largest absolute Gasteiger partial charge is 0.348 e. The predicted molar refractivity (Wildman–Crippen MR) is 118 cm³/mol. The molecular formula is C22H31N4O2S+. The maximum Gasteiger partial charge on any atom is 0.348 e. The van der Waals surface area contributed by atoms with E-state index in [1.54, 1.807) is 0 Å². The average Bonchev–Trinajstić information content (AvgIpc) is 2.69. The lowest BCUT2D eigenvalue weighted by Gasteiger charge is -2.22. The van der Waals surface area contributed by atoms with Gasteiger partial charge in [0.2, 0.25) is 5.91 Å². The molecule has 6 nitrogen and oxygen atoms in total. The van der Waals surface area contributed by atoms with Crippen molar-refractivity contribution < 1.29 is 9.69 Å². The first kappa shape index (κ1) is 21.6. The fourth-order valence-electron chi connectivity index (χ4n) is 3.72. The highest BCUT2D eigenvalue weighted by atomic mass is 32.2. The zero-order valence-corrected chi connectivity index (χ0v) is 18.4. The molecule has 0 bridgehead atoms. The summed E-state index contributed by atoms with van der Waals surface area (Å²) < 4.78 is 1.87. The molecule has 0 saturated heterocycles. The van der Waals surface area contributed by atoms with Crippen LogP contribution in [0.4, 0.5) is 5.69 Å². The number of nitrogens with zero attached hydrogens (tertiary/aromatic N) is 2. The molecule has 156 valence electrons. The second kappa shape index (κ2) is 10.1. The van der Waals surface area contributed by atoms with Gasteiger partial charge in [0, 0.05) is 29.9 Å². The molecule has 2 N–H and O–H groups in total. The summed E-state index contributed by atoms with van der Waals surface area (Å²) in [7, 11) is 4.25. The van der Waals surface area contributed by atoms with E-state index in [1.165, 1.54) is 22.2 Å². The second-order valence-electron chi connectivity index (χ2n) is 7.95. The summed E-state index contributed by atoms with van der Waals surface area (Å²) in [4.78, 5) is 30.9. The topological polar surface area (TPSA) is 68.4 Å². The van der Waals surface area contributed by atoms with E-state index < -0.39 is 0 Å². The third-order valence-corrected chi connectivity index (χ3v) is 6.29. The number of aromatic nitrogens is 2. The van der Waals surface area contributed by atoms with Gasteiger partial charge in [-0.1, -0.05) is 30.0 Å². The van der Waals surface area contributed by atoms with E-state index in [1.807, 2.05) is 35.8 Å². The first-order valence-electron chi connectivity index (χ1n) is 10.4. The number of amides is 1. The number of hydrogen-bond donors (Lipinski definition) is 2. The second-order valence-corrected chi connectivity index (χ2v) is 8.91. The van der Waals surface area contributed by atoms with E-state index in [9.17, 15) is 9.59 Å². The summed E-state index contributed by atoms with van der Waals surface area (Å²) in [5.74, 6) is 0.176. The first-order chi connectivity index (χ1) is 14.0. The van der Waals surface area contributed by atoms with Gasteiger partial charge in [-0.05, 0) is 44.2 Å². The minimum Gasteiger partial charge on any atom is -0.340 e. The monoisotopic (exact) mass is 415 g/mol. The normalized spacial score (nSPS) is 13.4. The molecule has 0 unspecified atom stereocenters.